The number of H-pyrrole nitrogens is 1. The molecule has 0 radical (unpaired) electrons. The number of aryl methyl sites for hydroxylation is 1. The Hall–Kier alpha value is -1.69. The van der Waals surface area contributed by atoms with Crippen molar-refractivity contribution >= 4 is 11.8 Å². The number of aromatic amines is 1. The first-order chi connectivity index (χ1) is 8.79. The van der Waals surface area contributed by atoms with E-state index in [1.165, 1.54) is 17.3 Å². The number of benzene rings is 1. The molecule has 1 N–H and O–H groups in total. The van der Waals surface area contributed by atoms with Crippen LogP contribution in [-0.2, 0) is 12.2 Å². The standard InChI is InChI=1S/C12H14N2O3S/c1-2-9-5-3-4-6-10(9)16-8-18-7-11-13-14-12(15)17-11/h3-6H,2,7-8H2,1H3,(H,14,15). The molecule has 0 unspecified atom stereocenters. The molecule has 0 saturated carbocycles. The van der Waals surface area contributed by atoms with Crippen molar-refractivity contribution in [2.75, 3.05) is 5.94 Å². The first kappa shape index (κ1) is 12.8. The first-order valence-electron chi connectivity index (χ1n) is 5.62. The fourth-order valence-corrected chi connectivity index (χ4v) is 2.08. The van der Waals surface area contributed by atoms with Crippen LogP contribution in [0.5, 0.6) is 5.75 Å². The maximum Gasteiger partial charge on any atom is 0.434 e. The van der Waals surface area contributed by atoms with Gasteiger partial charge in [0.05, 0.1) is 5.75 Å². The molecule has 0 amide bonds. The second kappa shape index (κ2) is 6.30. The molecule has 1 aromatic heterocycles. The molecule has 1 heterocycles. The lowest BCUT2D eigenvalue weighted by Crippen LogP contribution is -1.97. The zero-order chi connectivity index (χ0) is 12.8. The van der Waals surface area contributed by atoms with Crippen LogP contribution in [0.2, 0.25) is 0 Å². The molecule has 0 saturated heterocycles. The van der Waals surface area contributed by atoms with Gasteiger partial charge in [-0.1, -0.05) is 25.1 Å². The second-order valence-electron chi connectivity index (χ2n) is 3.58. The lowest BCUT2D eigenvalue weighted by Gasteiger charge is -2.08. The van der Waals surface area contributed by atoms with Crippen molar-refractivity contribution in [3.05, 3.63) is 46.3 Å². The van der Waals surface area contributed by atoms with E-state index in [1.807, 2.05) is 24.3 Å². The quantitative estimate of drug-likeness (QED) is 0.641. The summed E-state index contributed by atoms with van der Waals surface area (Å²) in [6.07, 6.45) is 0.940. The van der Waals surface area contributed by atoms with Crippen LogP contribution in [0, 0.1) is 0 Å². The van der Waals surface area contributed by atoms with Gasteiger partial charge >= 0.3 is 5.76 Å². The van der Waals surface area contributed by atoms with E-state index in [0.29, 0.717) is 17.6 Å². The summed E-state index contributed by atoms with van der Waals surface area (Å²) >= 11 is 1.50. The minimum Gasteiger partial charge on any atom is -0.483 e. The number of para-hydroxylation sites is 1. The fraction of sp³-hybridized carbons (Fsp3) is 0.333. The lowest BCUT2D eigenvalue weighted by molar-refractivity contribution is 0.388. The molecule has 0 fully saturated rings. The smallest absolute Gasteiger partial charge is 0.434 e. The Morgan fingerprint density at radius 2 is 2.28 bits per heavy atom. The fourth-order valence-electron chi connectivity index (χ4n) is 1.49. The maximum absolute atomic E-state index is 10.7. The molecule has 6 heteroatoms. The normalized spacial score (nSPS) is 10.5. The van der Waals surface area contributed by atoms with Gasteiger partial charge in [0.15, 0.2) is 0 Å². The predicted octanol–water partition coefficient (Wildman–Crippen LogP) is 2.19. The summed E-state index contributed by atoms with van der Waals surface area (Å²) in [5.74, 6) is 1.76. The summed E-state index contributed by atoms with van der Waals surface area (Å²) in [4.78, 5) is 10.7. The number of thioether (sulfide) groups is 1. The third-order valence-corrected chi connectivity index (χ3v) is 3.09. The number of hydrogen-bond acceptors (Lipinski definition) is 5. The number of hydrogen-bond donors (Lipinski definition) is 1. The van der Waals surface area contributed by atoms with Crippen LogP contribution in [-0.4, -0.2) is 16.1 Å². The number of rotatable bonds is 6. The Kier molecular flexibility index (Phi) is 4.46. The van der Waals surface area contributed by atoms with Crippen molar-refractivity contribution in [3.63, 3.8) is 0 Å². The van der Waals surface area contributed by atoms with Crippen LogP contribution in [0.15, 0.2) is 33.5 Å². The van der Waals surface area contributed by atoms with Crippen molar-refractivity contribution in [2.24, 2.45) is 0 Å². The zero-order valence-electron chi connectivity index (χ0n) is 10.0. The van der Waals surface area contributed by atoms with Crippen molar-refractivity contribution in [1.29, 1.82) is 0 Å². The molecule has 2 aromatic rings. The molecule has 0 bridgehead atoms. The third-order valence-electron chi connectivity index (χ3n) is 2.36. The number of nitrogens with one attached hydrogen (secondary N) is 1. The molecule has 1 aromatic carbocycles. The summed E-state index contributed by atoms with van der Waals surface area (Å²) in [6, 6.07) is 7.95. The molecule has 0 spiro atoms. The molecular weight excluding hydrogens is 252 g/mol. The van der Waals surface area contributed by atoms with Gasteiger partial charge < -0.3 is 9.15 Å². The van der Waals surface area contributed by atoms with Crippen LogP contribution < -0.4 is 10.5 Å². The second-order valence-corrected chi connectivity index (χ2v) is 4.51. The van der Waals surface area contributed by atoms with Gasteiger partial charge in [-0.05, 0) is 18.1 Å². The molecular formula is C12H14N2O3S. The van der Waals surface area contributed by atoms with E-state index in [9.17, 15) is 4.79 Å². The maximum atomic E-state index is 10.7. The van der Waals surface area contributed by atoms with E-state index < -0.39 is 5.76 Å². The number of aromatic nitrogens is 2. The van der Waals surface area contributed by atoms with Crippen molar-refractivity contribution < 1.29 is 9.15 Å². The average molecular weight is 266 g/mol. The van der Waals surface area contributed by atoms with Gasteiger partial charge in [0.1, 0.15) is 11.7 Å². The van der Waals surface area contributed by atoms with Crippen LogP contribution in [0.3, 0.4) is 0 Å². The molecule has 0 aliphatic rings. The summed E-state index contributed by atoms with van der Waals surface area (Å²) in [7, 11) is 0. The van der Waals surface area contributed by atoms with Gasteiger partial charge in [-0.25, -0.2) is 9.89 Å². The molecule has 0 atom stereocenters. The van der Waals surface area contributed by atoms with Crippen molar-refractivity contribution in [3.8, 4) is 5.75 Å². The average Bonchev–Trinajstić information content (AvgIpc) is 2.81. The highest BCUT2D eigenvalue weighted by Crippen LogP contribution is 2.20. The van der Waals surface area contributed by atoms with Gasteiger partial charge in [-0.3, -0.25) is 0 Å². The van der Waals surface area contributed by atoms with Crippen LogP contribution in [0.1, 0.15) is 18.4 Å². The Bertz CT molecular complexity index is 550. The zero-order valence-corrected chi connectivity index (χ0v) is 10.8. The summed E-state index contributed by atoms with van der Waals surface area (Å²) in [6.45, 7) is 2.09. The Balaban J connectivity index is 1.80. The largest absolute Gasteiger partial charge is 0.483 e. The number of nitrogens with zero attached hydrogens (tertiary/aromatic N) is 1. The van der Waals surface area contributed by atoms with E-state index in [0.717, 1.165) is 12.2 Å². The van der Waals surface area contributed by atoms with Crippen LogP contribution in [0.4, 0.5) is 0 Å². The predicted molar refractivity (Wildman–Crippen MR) is 69.7 cm³/mol. The van der Waals surface area contributed by atoms with Gasteiger partial charge in [0, 0.05) is 0 Å². The SMILES string of the molecule is CCc1ccccc1OCSCc1n[nH]c(=O)o1. The summed E-state index contributed by atoms with van der Waals surface area (Å²) in [5.41, 5.74) is 1.18. The molecule has 96 valence electrons. The van der Waals surface area contributed by atoms with E-state index in [1.54, 1.807) is 0 Å². The van der Waals surface area contributed by atoms with Crippen LogP contribution in [0.25, 0.3) is 0 Å². The van der Waals surface area contributed by atoms with Gasteiger partial charge in [0.2, 0.25) is 5.89 Å². The molecule has 0 aliphatic carbocycles. The molecule has 5 nitrogen and oxygen atoms in total. The summed E-state index contributed by atoms with van der Waals surface area (Å²) in [5, 5.41) is 5.93. The van der Waals surface area contributed by atoms with Crippen molar-refractivity contribution in [2.45, 2.75) is 19.1 Å². The minimum absolute atomic E-state index is 0.386. The van der Waals surface area contributed by atoms with Gasteiger partial charge in [-0.15, -0.1) is 16.9 Å². The lowest BCUT2D eigenvalue weighted by atomic mass is 10.1. The molecule has 0 aliphatic heterocycles. The minimum atomic E-state index is -0.525. The van der Waals surface area contributed by atoms with Crippen LogP contribution >= 0.6 is 11.8 Å². The van der Waals surface area contributed by atoms with E-state index in [2.05, 4.69) is 17.1 Å². The topological polar surface area (TPSA) is 68.1 Å². The summed E-state index contributed by atoms with van der Waals surface area (Å²) < 4.78 is 10.4. The molecule has 18 heavy (non-hydrogen) atoms. The third kappa shape index (κ3) is 3.40. The Morgan fingerprint density at radius 3 is 3.00 bits per heavy atom. The molecule has 2 rings (SSSR count). The Morgan fingerprint density at radius 1 is 1.44 bits per heavy atom. The highest BCUT2D eigenvalue weighted by Gasteiger charge is 2.03. The number of ether oxygens (including phenoxy) is 1. The highest BCUT2D eigenvalue weighted by molar-refractivity contribution is 7.98. The van der Waals surface area contributed by atoms with Crippen molar-refractivity contribution in [1.82, 2.24) is 10.2 Å². The monoisotopic (exact) mass is 266 g/mol. The first-order valence-corrected chi connectivity index (χ1v) is 6.78. The van der Waals surface area contributed by atoms with E-state index in [4.69, 9.17) is 9.15 Å². The van der Waals surface area contributed by atoms with E-state index >= 15 is 0 Å². The Labute approximate surface area is 109 Å². The highest BCUT2D eigenvalue weighted by atomic mass is 32.2. The van der Waals surface area contributed by atoms with E-state index in [-0.39, 0.29) is 0 Å². The van der Waals surface area contributed by atoms with Gasteiger partial charge in [-0.2, -0.15) is 0 Å². The van der Waals surface area contributed by atoms with Gasteiger partial charge in [0.25, 0.3) is 0 Å².